The van der Waals surface area contributed by atoms with E-state index in [1.165, 1.54) is 6.07 Å². The Morgan fingerprint density at radius 1 is 1.06 bits per heavy atom. The number of amides is 1. The van der Waals surface area contributed by atoms with E-state index >= 15 is 0 Å². The predicted octanol–water partition coefficient (Wildman–Crippen LogP) is 2.86. The monoisotopic (exact) mass is 436 g/mol. The first-order chi connectivity index (χ1) is 15.6. The van der Waals surface area contributed by atoms with E-state index in [-0.39, 0.29) is 11.7 Å². The van der Waals surface area contributed by atoms with Crippen LogP contribution in [-0.4, -0.2) is 41.3 Å². The molecule has 0 aliphatic heterocycles. The maximum atomic E-state index is 13.7. The van der Waals surface area contributed by atoms with Gasteiger partial charge in [-0.2, -0.15) is 5.10 Å². The summed E-state index contributed by atoms with van der Waals surface area (Å²) in [6, 6.07) is 14.5. The third-order valence-corrected chi connectivity index (χ3v) is 4.90. The van der Waals surface area contributed by atoms with Gasteiger partial charge in [0.2, 0.25) is 0 Å². The van der Waals surface area contributed by atoms with E-state index in [0.29, 0.717) is 43.3 Å². The van der Waals surface area contributed by atoms with Gasteiger partial charge in [0.25, 0.3) is 5.91 Å². The summed E-state index contributed by atoms with van der Waals surface area (Å²) in [6.45, 7) is 6.45. The van der Waals surface area contributed by atoms with Gasteiger partial charge in [0.15, 0.2) is 5.96 Å². The van der Waals surface area contributed by atoms with Crippen LogP contribution in [0.1, 0.15) is 34.0 Å². The molecule has 0 saturated heterocycles. The summed E-state index contributed by atoms with van der Waals surface area (Å²) in [5.74, 6) is -0.0256. The van der Waals surface area contributed by atoms with Gasteiger partial charge in [0.05, 0.1) is 13.1 Å². The molecular formula is C24H29FN6O. The van der Waals surface area contributed by atoms with Crippen LogP contribution in [0.3, 0.4) is 0 Å². The summed E-state index contributed by atoms with van der Waals surface area (Å²) >= 11 is 0. The van der Waals surface area contributed by atoms with E-state index < -0.39 is 0 Å². The zero-order valence-electron chi connectivity index (χ0n) is 18.4. The number of hydrogen-bond acceptors (Lipinski definition) is 3. The second kappa shape index (κ2) is 11.6. The zero-order chi connectivity index (χ0) is 22.8. The Morgan fingerprint density at radius 2 is 1.84 bits per heavy atom. The van der Waals surface area contributed by atoms with Gasteiger partial charge in [0.1, 0.15) is 5.82 Å². The van der Waals surface area contributed by atoms with Crippen molar-refractivity contribution in [2.24, 2.45) is 4.99 Å². The Bertz CT molecular complexity index is 1050. The lowest BCUT2D eigenvalue weighted by Crippen LogP contribution is -2.41. The molecule has 0 saturated carbocycles. The second-order valence-electron chi connectivity index (χ2n) is 7.31. The minimum absolute atomic E-state index is 0.305. The van der Waals surface area contributed by atoms with Gasteiger partial charge in [-0.3, -0.25) is 9.48 Å². The van der Waals surface area contributed by atoms with E-state index in [0.717, 1.165) is 17.7 Å². The lowest BCUT2D eigenvalue weighted by atomic mass is 10.1. The molecule has 1 amide bonds. The van der Waals surface area contributed by atoms with Gasteiger partial charge >= 0.3 is 0 Å². The zero-order valence-corrected chi connectivity index (χ0v) is 18.4. The number of halogens is 1. The fourth-order valence-electron chi connectivity index (χ4n) is 3.13. The number of guanidine groups is 1. The van der Waals surface area contributed by atoms with Crippen molar-refractivity contribution in [3.05, 3.63) is 89.0 Å². The number of carbonyl (C=O) groups is 1. The number of aliphatic imine (C=N–C) groups is 1. The Kier molecular flexibility index (Phi) is 8.36. The van der Waals surface area contributed by atoms with Crippen LogP contribution in [0.4, 0.5) is 4.39 Å². The average molecular weight is 437 g/mol. The fourth-order valence-corrected chi connectivity index (χ4v) is 3.13. The van der Waals surface area contributed by atoms with Crippen LogP contribution in [0.15, 0.2) is 65.9 Å². The van der Waals surface area contributed by atoms with Crippen LogP contribution in [0.5, 0.6) is 0 Å². The highest BCUT2D eigenvalue weighted by Gasteiger charge is 2.08. The SMILES string of the molecule is CCNC(=NCc1ccccc1Cn1cccn1)NCCNC(=O)c1ccc(C)c(F)c1. The first-order valence-corrected chi connectivity index (χ1v) is 10.7. The molecule has 0 aliphatic rings. The van der Waals surface area contributed by atoms with E-state index in [4.69, 9.17) is 0 Å². The molecule has 3 rings (SSSR count). The average Bonchev–Trinajstić information content (AvgIpc) is 3.30. The van der Waals surface area contributed by atoms with Gasteiger partial charge in [-0.25, -0.2) is 9.38 Å². The van der Waals surface area contributed by atoms with Crippen LogP contribution >= 0.6 is 0 Å². The number of nitrogens with one attached hydrogen (secondary N) is 3. The molecule has 1 aromatic heterocycles. The van der Waals surface area contributed by atoms with Crippen molar-refractivity contribution in [1.29, 1.82) is 0 Å². The van der Waals surface area contributed by atoms with Crippen molar-refractivity contribution in [3.8, 4) is 0 Å². The normalized spacial score (nSPS) is 11.3. The van der Waals surface area contributed by atoms with Gasteiger partial charge < -0.3 is 16.0 Å². The first kappa shape index (κ1) is 23.0. The van der Waals surface area contributed by atoms with Crippen molar-refractivity contribution >= 4 is 11.9 Å². The van der Waals surface area contributed by atoms with Crippen LogP contribution < -0.4 is 16.0 Å². The molecule has 3 aromatic rings. The van der Waals surface area contributed by atoms with Gasteiger partial charge in [-0.1, -0.05) is 30.3 Å². The molecule has 7 nitrogen and oxygen atoms in total. The first-order valence-electron chi connectivity index (χ1n) is 10.7. The molecule has 0 atom stereocenters. The molecule has 2 aromatic carbocycles. The third kappa shape index (κ3) is 6.66. The lowest BCUT2D eigenvalue weighted by molar-refractivity contribution is 0.0954. The smallest absolute Gasteiger partial charge is 0.251 e. The molecular weight excluding hydrogens is 407 g/mol. The third-order valence-electron chi connectivity index (χ3n) is 4.90. The molecule has 8 heteroatoms. The molecule has 32 heavy (non-hydrogen) atoms. The minimum atomic E-state index is -0.384. The number of aryl methyl sites for hydroxylation is 1. The van der Waals surface area contributed by atoms with Crippen LogP contribution in [0, 0.1) is 12.7 Å². The molecule has 168 valence electrons. The van der Waals surface area contributed by atoms with E-state index in [1.54, 1.807) is 25.3 Å². The quantitative estimate of drug-likeness (QED) is 0.274. The Hall–Kier alpha value is -3.68. The van der Waals surface area contributed by atoms with Gasteiger partial charge in [-0.15, -0.1) is 0 Å². The minimum Gasteiger partial charge on any atom is -0.357 e. The summed E-state index contributed by atoms with van der Waals surface area (Å²) in [7, 11) is 0. The van der Waals surface area contributed by atoms with Gasteiger partial charge in [-0.05, 0) is 48.7 Å². The summed E-state index contributed by atoms with van der Waals surface area (Å²) in [5, 5.41) is 13.5. The van der Waals surface area contributed by atoms with Crippen LogP contribution in [0.2, 0.25) is 0 Å². The predicted molar refractivity (Wildman–Crippen MR) is 124 cm³/mol. The highest BCUT2D eigenvalue weighted by molar-refractivity contribution is 5.94. The number of benzene rings is 2. The standard InChI is InChI=1S/C24H29FN6O/c1-3-26-24(28-13-12-27-23(32)19-10-9-18(2)22(25)15-19)29-16-20-7-4-5-8-21(20)17-31-14-6-11-30-31/h4-11,14-15H,3,12-13,16-17H2,1-2H3,(H,27,32)(H2,26,28,29). The van der Waals surface area contributed by atoms with Crippen molar-refractivity contribution in [2.45, 2.75) is 26.9 Å². The number of nitrogens with zero attached hydrogens (tertiary/aromatic N) is 3. The van der Waals surface area contributed by atoms with Crippen molar-refractivity contribution in [3.63, 3.8) is 0 Å². The van der Waals surface area contributed by atoms with Crippen molar-refractivity contribution < 1.29 is 9.18 Å². The second-order valence-corrected chi connectivity index (χ2v) is 7.31. The molecule has 3 N–H and O–H groups in total. The van der Waals surface area contributed by atoms with Crippen molar-refractivity contribution in [1.82, 2.24) is 25.7 Å². The Morgan fingerprint density at radius 3 is 2.56 bits per heavy atom. The highest BCUT2D eigenvalue weighted by atomic mass is 19.1. The van der Waals surface area contributed by atoms with E-state index in [1.807, 2.05) is 36.0 Å². The molecule has 0 radical (unpaired) electrons. The largest absolute Gasteiger partial charge is 0.357 e. The summed E-state index contributed by atoms with van der Waals surface area (Å²) in [6.07, 6.45) is 3.70. The lowest BCUT2D eigenvalue weighted by Gasteiger charge is -2.13. The molecule has 0 bridgehead atoms. The van der Waals surface area contributed by atoms with Crippen molar-refractivity contribution in [2.75, 3.05) is 19.6 Å². The number of hydrogen-bond donors (Lipinski definition) is 3. The highest BCUT2D eigenvalue weighted by Crippen LogP contribution is 2.12. The number of aromatic nitrogens is 2. The van der Waals surface area contributed by atoms with E-state index in [9.17, 15) is 9.18 Å². The summed E-state index contributed by atoms with van der Waals surface area (Å²) in [4.78, 5) is 16.9. The maximum Gasteiger partial charge on any atom is 0.251 e. The molecule has 1 heterocycles. The van der Waals surface area contributed by atoms with E-state index in [2.05, 4.69) is 38.2 Å². The number of rotatable bonds is 9. The Labute approximate surface area is 187 Å². The Balaban J connectivity index is 1.53. The topological polar surface area (TPSA) is 83.3 Å². The molecule has 0 fully saturated rings. The molecule has 0 aliphatic carbocycles. The molecule has 0 spiro atoms. The van der Waals surface area contributed by atoms with Crippen LogP contribution in [0.25, 0.3) is 0 Å². The number of carbonyl (C=O) groups excluding carboxylic acids is 1. The summed E-state index contributed by atoms with van der Waals surface area (Å²) < 4.78 is 15.5. The maximum absolute atomic E-state index is 13.7. The summed E-state index contributed by atoms with van der Waals surface area (Å²) in [5.41, 5.74) is 3.10. The molecule has 0 unspecified atom stereocenters. The van der Waals surface area contributed by atoms with Gasteiger partial charge in [0, 0.05) is 37.6 Å². The van der Waals surface area contributed by atoms with Crippen LogP contribution in [-0.2, 0) is 13.1 Å². The fraction of sp³-hybridized carbons (Fsp3) is 0.292.